The zero-order chi connectivity index (χ0) is 12.3. The van der Waals surface area contributed by atoms with E-state index in [-0.39, 0.29) is 12.0 Å². The molecule has 0 amide bonds. The average Bonchev–Trinajstić information content (AvgIpc) is 2.35. The van der Waals surface area contributed by atoms with Gasteiger partial charge in [0, 0.05) is 12.1 Å². The first-order valence-corrected chi connectivity index (χ1v) is 6.11. The summed E-state index contributed by atoms with van der Waals surface area (Å²) in [7, 11) is 0. The fourth-order valence-electron chi connectivity index (χ4n) is 1.90. The van der Waals surface area contributed by atoms with Crippen molar-refractivity contribution in [1.82, 2.24) is 4.98 Å². The largest absolute Gasteiger partial charge is 0.385 e. The number of amidine groups is 1. The third kappa shape index (κ3) is 2.75. The number of aryl methyl sites for hydroxylation is 1. The van der Waals surface area contributed by atoms with E-state index in [0.29, 0.717) is 5.84 Å². The van der Waals surface area contributed by atoms with Crippen LogP contribution < -0.4 is 5.73 Å². The smallest absolute Gasteiger partial charge is 0.169 e. The molecule has 0 bridgehead atoms. The minimum atomic E-state index is -0.0442. The minimum Gasteiger partial charge on any atom is -0.385 e. The molecule has 1 aliphatic carbocycles. The molecule has 4 nitrogen and oxygen atoms in total. The molecule has 0 spiro atoms. The number of nitrogens with two attached hydrogens (primary N) is 1. The Kier molecular flexibility index (Phi) is 3.61. The van der Waals surface area contributed by atoms with Crippen LogP contribution >= 0.6 is 0 Å². The summed E-state index contributed by atoms with van der Waals surface area (Å²) in [6.07, 6.45) is 4.90. The highest BCUT2D eigenvalue weighted by Crippen LogP contribution is 2.30. The van der Waals surface area contributed by atoms with Crippen LogP contribution in [0.5, 0.6) is 0 Å². The molecule has 0 fully saturated rings. The lowest BCUT2D eigenvalue weighted by Crippen LogP contribution is -2.20. The Balaban J connectivity index is 2.11. The number of pyridine rings is 1. The molecule has 1 atom stereocenters. The summed E-state index contributed by atoms with van der Waals surface area (Å²) < 4.78 is 0. The average molecular weight is 233 g/mol. The van der Waals surface area contributed by atoms with Crippen LogP contribution in [0.25, 0.3) is 0 Å². The number of aromatic nitrogens is 1. The lowest BCUT2D eigenvalue weighted by Gasteiger charge is -2.22. The first kappa shape index (κ1) is 11.9. The van der Waals surface area contributed by atoms with Crippen molar-refractivity contribution in [2.24, 2.45) is 16.8 Å². The quantitative estimate of drug-likeness (QED) is 0.495. The van der Waals surface area contributed by atoms with Gasteiger partial charge in [-0.05, 0) is 30.9 Å². The zero-order valence-electron chi connectivity index (χ0n) is 10.4. The molecule has 0 aromatic carbocycles. The third-order valence-corrected chi connectivity index (χ3v) is 3.02. The molecular formula is C13H19N3O. The van der Waals surface area contributed by atoms with E-state index in [1.807, 2.05) is 19.9 Å². The predicted octanol–water partition coefficient (Wildman–Crippen LogP) is 2.40. The third-order valence-electron chi connectivity index (χ3n) is 3.02. The number of hydrogen-bond acceptors (Lipinski definition) is 3. The van der Waals surface area contributed by atoms with E-state index < -0.39 is 0 Å². The molecule has 0 saturated heterocycles. The van der Waals surface area contributed by atoms with E-state index in [0.717, 1.165) is 25.0 Å². The summed E-state index contributed by atoms with van der Waals surface area (Å²) in [6, 6.07) is 4.07. The highest BCUT2D eigenvalue weighted by molar-refractivity contribution is 5.81. The highest BCUT2D eigenvalue weighted by Gasteiger charge is 2.22. The highest BCUT2D eigenvalue weighted by atomic mass is 16.6. The first-order valence-electron chi connectivity index (χ1n) is 6.11. The Morgan fingerprint density at radius 2 is 2.41 bits per heavy atom. The lowest BCUT2D eigenvalue weighted by molar-refractivity contribution is 0.0416. The van der Waals surface area contributed by atoms with Crippen molar-refractivity contribution >= 4 is 5.84 Å². The fourth-order valence-corrected chi connectivity index (χ4v) is 1.90. The molecule has 17 heavy (non-hydrogen) atoms. The summed E-state index contributed by atoms with van der Waals surface area (Å²) in [5, 5.41) is 4.00. The molecule has 0 radical (unpaired) electrons. The summed E-state index contributed by atoms with van der Waals surface area (Å²) >= 11 is 0. The fraction of sp³-hybridized carbons (Fsp3) is 0.538. The molecule has 1 aromatic heterocycles. The second kappa shape index (κ2) is 5.17. The van der Waals surface area contributed by atoms with Gasteiger partial charge < -0.3 is 10.6 Å². The molecule has 2 N–H and O–H groups in total. The van der Waals surface area contributed by atoms with Crippen molar-refractivity contribution in [2.75, 3.05) is 0 Å². The van der Waals surface area contributed by atoms with Gasteiger partial charge in [0.1, 0.15) is 5.84 Å². The minimum absolute atomic E-state index is 0.0442. The number of rotatable bonds is 3. The lowest BCUT2D eigenvalue weighted by atomic mass is 9.94. The summed E-state index contributed by atoms with van der Waals surface area (Å²) in [4.78, 5) is 9.92. The van der Waals surface area contributed by atoms with Gasteiger partial charge in [0.2, 0.25) is 0 Å². The van der Waals surface area contributed by atoms with Crippen LogP contribution in [0.3, 0.4) is 0 Å². The molecule has 2 rings (SSSR count). The van der Waals surface area contributed by atoms with Crippen molar-refractivity contribution < 1.29 is 4.84 Å². The molecule has 0 aliphatic heterocycles. The molecule has 4 heteroatoms. The van der Waals surface area contributed by atoms with Gasteiger partial charge in [0.15, 0.2) is 6.10 Å². The van der Waals surface area contributed by atoms with Gasteiger partial charge in [-0.3, -0.25) is 4.98 Å². The van der Waals surface area contributed by atoms with Crippen LogP contribution in [0.2, 0.25) is 0 Å². The van der Waals surface area contributed by atoms with Crippen molar-refractivity contribution in [3.05, 3.63) is 29.6 Å². The maximum absolute atomic E-state index is 5.76. The van der Waals surface area contributed by atoms with E-state index >= 15 is 0 Å². The SMILES string of the molecule is CC(C)/C(N)=N/OC1CCCc2cccnc21. The van der Waals surface area contributed by atoms with Gasteiger partial charge >= 0.3 is 0 Å². The molecule has 0 saturated carbocycles. The molecule has 1 aliphatic rings. The van der Waals surface area contributed by atoms with Crippen LogP contribution in [0, 0.1) is 5.92 Å². The normalized spacial score (nSPS) is 20.2. The van der Waals surface area contributed by atoms with E-state index in [2.05, 4.69) is 16.2 Å². The Labute approximate surface area is 102 Å². The van der Waals surface area contributed by atoms with Gasteiger partial charge in [0.25, 0.3) is 0 Å². The number of oxime groups is 1. The van der Waals surface area contributed by atoms with Crippen LogP contribution in [-0.2, 0) is 11.3 Å². The zero-order valence-corrected chi connectivity index (χ0v) is 10.4. The Morgan fingerprint density at radius 1 is 1.59 bits per heavy atom. The van der Waals surface area contributed by atoms with E-state index in [9.17, 15) is 0 Å². The van der Waals surface area contributed by atoms with Crippen molar-refractivity contribution in [2.45, 2.75) is 39.2 Å². The standard InChI is InChI=1S/C13H19N3O/c1-9(2)13(14)16-17-11-7-3-5-10-6-4-8-15-12(10)11/h4,6,8-9,11H,3,5,7H2,1-2H3,(H2,14,16). The maximum atomic E-state index is 5.76. The maximum Gasteiger partial charge on any atom is 0.169 e. The topological polar surface area (TPSA) is 60.5 Å². The monoisotopic (exact) mass is 233 g/mol. The molecule has 1 aromatic rings. The molecule has 1 unspecified atom stereocenters. The Bertz CT molecular complexity index is 415. The molecule has 92 valence electrons. The van der Waals surface area contributed by atoms with Gasteiger partial charge in [-0.25, -0.2) is 0 Å². The van der Waals surface area contributed by atoms with E-state index in [1.165, 1.54) is 5.56 Å². The van der Waals surface area contributed by atoms with Crippen LogP contribution in [0.15, 0.2) is 23.5 Å². The van der Waals surface area contributed by atoms with Gasteiger partial charge in [-0.2, -0.15) is 0 Å². The second-order valence-corrected chi connectivity index (χ2v) is 4.70. The van der Waals surface area contributed by atoms with Crippen molar-refractivity contribution in [3.8, 4) is 0 Å². The first-order chi connectivity index (χ1) is 8.18. The van der Waals surface area contributed by atoms with E-state index in [4.69, 9.17) is 10.6 Å². The number of hydrogen-bond donors (Lipinski definition) is 1. The van der Waals surface area contributed by atoms with Gasteiger partial charge in [-0.15, -0.1) is 0 Å². The summed E-state index contributed by atoms with van der Waals surface area (Å²) in [5.74, 6) is 0.745. The summed E-state index contributed by atoms with van der Waals surface area (Å²) in [6.45, 7) is 3.99. The van der Waals surface area contributed by atoms with Crippen LogP contribution in [0.1, 0.15) is 44.1 Å². The molecular weight excluding hydrogens is 214 g/mol. The second-order valence-electron chi connectivity index (χ2n) is 4.70. The van der Waals surface area contributed by atoms with E-state index in [1.54, 1.807) is 6.20 Å². The van der Waals surface area contributed by atoms with Gasteiger partial charge in [0.05, 0.1) is 5.69 Å². The number of fused-ring (bicyclic) bond motifs is 1. The van der Waals surface area contributed by atoms with Crippen LogP contribution in [0.4, 0.5) is 0 Å². The number of nitrogens with zero attached hydrogens (tertiary/aromatic N) is 2. The van der Waals surface area contributed by atoms with Crippen LogP contribution in [-0.4, -0.2) is 10.8 Å². The summed E-state index contributed by atoms with van der Waals surface area (Å²) in [5.41, 5.74) is 8.04. The van der Waals surface area contributed by atoms with Crippen molar-refractivity contribution in [1.29, 1.82) is 0 Å². The Morgan fingerprint density at radius 3 is 3.18 bits per heavy atom. The van der Waals surface area contributed by atoms with Gasteiger partial charge in [-0.1, -0.05) is 25.1 Å². The van der Waals surface area contributed by atoms with Crippen molar-refractivity contribution in [3.63, 3.8) is 0 Å². The predicted molar refractivity (Wildman–Crippen MR) is 67.5 cm³/mol. The Hall–Kier alpha value is -1.58. The molecule has 1 heterocycles.